The van der Waals surface area contributed by atoms with Crippen molar-refractivity contribution in [3.05, 3.63) is 70.4 Å². The summed E-state index contributed by atoms with van der Waals surface area (Å²) in [6, 6.07) is 5.59. The van der Waals surface area contributed by atoms with Gasteiger partial charge in [0.2, 0.25) is 17.5 Å². The average Bonchev–Trinajstić information content (AvgIpc) is 3.68. The normalized spacial score (nSPS) is 17.5. The number of hydrogen-bond donors (Lipinski definition) is 1. The van der Waals surface area contributed by atoms with Gasteiger partial charge in [-0.25, -0.2) is 18.3 Å². The Kier molecular flexibility index (Phi) is 6.69. The number of carbonyl (C=O) groups is 1. The number of fused-ring (bicyclic) bond motifs is 2. The number of benzene rings is 1. The predicted octanol–water partition coefficient (Wildman–Crippen LogP) is 2.63. The Balaban J connectivity index is 1.13. The van der Waals surface area contributed by atoms with Gasteiger partial charge < -0.3 is 10.0 Å². The Morgan fingerprint density at radius 3 is 2.62 bits per heavy atom. The number of piperidine rings is 1. The molecule has 4 aromatic rings. The van der Waals surface area contributed by atoms with Crippen LogP contribution in [0.4, 0.5) is 13.2 Å². The molecule has 0 bridgehead atoms. The standard InChI is InChI=1S/C27H28F3N7O3/c28-22-6-9-36(33-22)20(24(29)30)13-23(38)34-10-7-27(40,8-11-34)15-35-16-32-37-21(14-31-25(37)26(35)39)19-5-4-17-2-1-3-18(17)12-19/h4-6,9,12,14,16,20,24,40H,1-3,7-8,10-11,13,15H2. The maximum absolute atomic E-state index is 13.5. The van der Waals surface area contributed by atoms with Crippen LogP contribution < -0.4 is 5.56 Å². The van der Waals surface area contributed by atoms with Crippen molar-refractivity contribution in [3.8, 4) is 11.3 Å². The molecule has 4 heterocycles. The zero-order valence-electron chi connectivity index (χ0n) is 21.6. The van der Waals surface area contributed by atoms with Crippen molar-refractivity contribution in [1.82, 2.24) is 33.8 Å². The molecule has 1 atom stereocenters. The van der Waals surface area contributed by atoms with E-state index in [9.17, 15) is 27.9 Å². The zero-order chi connectivity index (χ0) is 28.0. The molecule has 0 saturated carbocycles. The summed E-state index contributed by atoms with van der Waals surface area (Å²) in [5, 5.41) is 19.0. The first-order valence-corrected chi connectivity index (χ1v) is 13.3. The first-order chi connectivity index (χ1) is 19.2. The highest BCUT2D eigenvalue weighted by atomic mass is 19.3. The molecule has 1 fully saturated rings. The quantitative estimate of drug-likeness (QED) is 0.376. The number of halogens is 3. The molecule has 0 radical (unpaired) electrons. The van der Waals surface area contributed by atoms with E-state index in [1.54, 1.807) is 6.20 Å². The molecule has 1 N–H and O–H groups in total. The van der Waals surface area contributed by atoms with Crippen LogP contribution in [0, 0.1) is 5.95 Å². The summed E-state index contributed by atoms with van der Waals surface area (Å²) in [5.74, 6) is -1.45. The van der Waals surface area contributed by atoms with Gasteiger partial charge in [-0.15, -0.1) is 5.10 Å². The molecule has 1 unspecified atom stereocenters. The van der Waals surface area contributed by atoms with Crippen LogP contribution in [-0.4, -0.2) is 70.0 Å². The summed E-state index contributed by atoms with van der Waals surface area (Å²) in [6.07, 6.45) is 4.12. The van der Waals surface area contributed by atoms with Crippen LogP contribution in [0.2, 0.25) is 0 Å². The van der Waals surface area contributed by atoms with Crippen LogP contribution in [0.3, 0.4) is 0 Å². The predicted molar refractivity (Wildman–Crippen MR) is 137 cm³/mol. The second-order valence-corrected chi connectivity index (χ2v) is 10.6. The Labute approximate surface area is 226 Å². The largest absolute Gasteiger partial charge is 0.388 e. The molecule has 40 heavy (non-hydrogen) atoms. The number of aromatic nitrogens is 6. The molecule has 0 spiro atoms. The van der Waals surface area contributed by atoms with E-state index in [1.165, 1.54) is 31.4 Å². The molecule has 10 nitrogen and oxygen atoms in total. The highest BCUT2D eigenvalue weighted by Crippen LogP contribution is 2.29. The van der Waals surface area contributed by atoms with Crippen LogP contribution in [-0.2, 0) is 24.2 Å². The SMILES string of the molecule is O=C(CC(C(F)F)n1ccc(F)n1)N1CCC(O)(Cn2cnn3c(-c4ccc5c(c4)CCC5)cnc3c2=O)CC1. The maximum atomic E-state index is 13.5. The molecule has 1 amide bonds. The molecule has 6 rings (SSSR count). The first kappa shape index (κ1) is 26.2. The van der Waals surface area contributed by atoms with Crippen molar-refractivity contribution in [2.24, 2.45) is 0 Å². The van der Waals surface area contributed by atoms with E-state index >= 15 is 0 Å². The van der Waals surface area contributed by atoms with Gasteiger partial charge in [0.1, 0.15) is 12.4 Å². The number of carbonyl (C=O) groups excluding carboxylic acids is 1. The van der Waals surface area contributed by atoms with E-state index in [0.29, 0.717) is 5.69 Å². The highest BCUT2D eigenvalue weighted by molar-refractivity contribution is 5.76. The Hall–Kier alpha value is -4.00. The van der Waals surface area contributed by atoms with Crippen molar-refractivity contribution in [2.75, 3.05) is 13.1 Å². The molecule has 3 aromatic heterocycles. The van der Waals surface area contributed by atoms with Gasteiger partial charge in [-0.1, -0.05) is 12.1 Å². The summed E-state index contributed by atoms with van der Waals surface area (Å²) >= 11 is 0. The molecule has 210 valence electrons. The van der Waals surface area contributed by atoms with Crippen LogP contribution in [0.1, 0.15) is 42.9 Å². The van der Waals surface area contributed by atoms with E-state index in [-0.39, 0.29) is 38.1 Å². The monoisotopic (exact) mass is 555 g/mol. The lowest BCUT2D eigenvalue weighted by Gasteiger charge is -2.38. The lowest BCUT2D eigenvalue weighted by molar-refractivity contribution is -0.138. The lowest BCUT2D eigenvalue weighted by atomic mass is 9.91. The number of aliphatic hydroxyl groups is 1. The van der Waals surface area contributed by atoms with Crippen LogP contribution in [0.5, 0.6) is 0 Å². The molecule has 1 saturated heterocycles. The molecule has 1 aromatic carbocycles. The van der Waals surface area contributed by atoms with Crippen molar-refractivity contribution in [2.45, 2.75) is 63.1 Å². The van der Waals surface area contributed by atoms with Gasteiger partial charge in [0.05, 0.1) is 30.5 Å². The fraction of sp³-hybridized carbons (Fsp3) is 0.444. The number of nitrogens with zero attached hydrogens (tertiary/aromatic N) is 7. The number of amides is 1. The van der Waals surface area contributed by atoms with Gasteiger partial charge in [-0.3, -0.25) is 18.8 Å². The van der Waals surface area contributed by atoms with Crippen molar-refractivity contribution < 1.29 is 23.1 Å². The number of likely N-dealkylation sites (tertiary alicyclic amines) is 1. The van der Waals surface area contributed by atoms with Gasteiger partial charge in [-0.05, 0) is 49.3 Å². The third-order valence-electron chi connectivity index (χ3n) is 7.99. The zero-order valence-corrected chi connectivity index (χ0v) is 21.6. The van der Waals surface area contributed by atoms with E-state index in [1.807, 2.05) is 6.07 Å². The van der Waals surface area contributed by atoms with Gasteiger partial charge in [0.25, 0.3) is 12.0 Å². The Morgan fingerprint density at radius 1 is 1.12 bits per heavy atom. The van der Waals surface area contributed by atoms with Crippen molar-refractivity contribution in [1.29, 1.82) is 0 Å². The summed E-state index contributed by atoms with van der Waals surface area (Å²) < 4.78 is 43.9. The van der Waals surface area contributed by atoms with E-state index < -0.39 is 41.9 Å². The molecular weight excluding hydrogens is 527 g/mol. The lowest BCUT2D eigenvalue weighted by Crippen LogP contribution is -2.50. The fourth-order valence-electron chi connectivity index (χ4n) is 5.70. The average molecular weight is 556 g/mol. The number of alkyl halides is 2. The number of hydrogen-bond acceptors (Lipinski definition) is 6. The second-order valence-electron chi connectivity index (χ2n) is 10.6. The summed E-state index contributed by atoms with van der Waals surface area (Å²) in [7, 11) is 0. The minimum absolute atomic E-state index is 0.0510. The molecule has 2 aliphatic rings. The Morgan fingerprint density at radius 2 is 1.90 bits per heavy atom. The van der Waals surface area contributed by atoms with Gasteiger partial charge in [0, 0.05) is 30.9 Å². The first-order valence-electron chi connectivity index (χ1n) is 13.3. The molecule has 13 heteroatoms. The van der Waals surface area contributed by atoms with Crippen LogP contribution in [0.25, 0.3) is 16.9 Å². The van der Waals surface area contributed by atoms with Crippen LogP contribution in [0.15, 0.2) is 47.8 Å². The third-order valence-corrected chi connectivity index (χ3v) is 7.99. The summed E-state index contributed by atoms with van der Waals surface area (Å²) in [6.45, 7) is 0.189. The second kappa shape index (κ2) is 10.2. The van der Waals surface area contributed by atoms with Crippen LogP contribution >= 0.6 is 0 Å². The molecular formula is C27H28F3N7O3. The minimum Gasteiger partial charge on any atom is -0.388 e. The van der Waals surface area contributed by atoms with Gasteiger partial charge >= 0.3 is 0 Å². The highest BCUT2D eigenvalue weighted by Gasteiger charge is 2.36. The fourth-order valence-corrected chi connectivity index (χ4v) is 5.70. The molecule has 1 aliphatic carbocycles. The minimum atomic E-state index is -2.91. The number of rotatable bonds is 7. The van der Waals surface area contributed by atoms with E-state index in [2.05, 4.69) is 27.3 Å². The van der Waals surface area contributed by atoms with E-state index in [0.717, 1.165) is 41.8 Å². The van der Waals surface area contributed by atoms with Crippen molar-refractivity contribution >= 4 is 11.6 Å². The molecule has 1 aliphatic heterocycles. The van der Waals surface area contributed by atoms with Gasteiger partial charge in [0.15, 0.2) is 0 Å². The summed E-state index contributed by atoms with van der Waals surface area (Å²) in [5.41, 5.74) is 2.72. The third kappa shape index (κ3) is 4.89. The number of imidazole rings is 1. The van der Waals surface area contributed by atoms with E-state index in [4.69, 9.17) is 0 Å². The maximum Gasteiger partial charge on any atom is 0.296 e. The Bertz CT molecular complexity index is 1620. The van der Waals surface area contributed by atoms with Crippen molar-refractivity contribution in [3.63, 3.8) is 0 Å². The topological polar surface area (TPSA) is 111 Å². The smallest absolute Gasteiger partial charge is 0.296 e. The number of aryl methyl sites for hydroxylation is 2. The summed E-state index contributed by atoms with van der Waals surface area (Å²) in [4.78, 5) is 31.7. The van der Waals surface area contributed by atoms with Gasteiger partial charge in [-0.2, -0.15) is 9.49 Å².